The van der Waals surface area contributed by atoms with E-state index in [2.05, 4.69) is 10.6 Å². The van der Waals surface area contributed by atoms with Gasteiger partial charge in [0.2, 0.25) is 0 Å². The van der Waals surface area contributed by atoms with E-state index in [-0.39, 0.29) is 17.4 Å². The molecule has 1 rings (SSSR count). The third-order valence-electron chi connectivity index (χ3n) is 3.14. The second-order valence-corrected chi connectivity index (χ2v) is 7.75. The van der Waals surface area contributed by atoms with E-state index in [1.165, 1.54) is 0 Å². The number of carboxylic acid groups (broad SMARTS) is 1. The smallest absolute Gasteiger partial charge is 0.326 e. The van der Waals surface area contributed by atoms with E-state index in [4.69, 9.17) is 5.11 Å². The first kappa shape index (κ1) is 15.7. The fourth-order valence-electron chi connectivity index (χ4n) is 2.07. The molecule has 7 nitrogen and oxygen atoms in total. The van der Waals surface area contributed by atoms with Gasteiger partial charge in [-0.25, -0.2) is 18.0 Å². The van der Waals surface area contributed by atoms with Crippen LogP contribution in [0.2, 0.25) is 0 Å². The van der Waals surface area contributed by atoms with E-state index >= 15 is 0 Å². The predicted octanol–water partition coefficient (Wildman–Crippen LogP) is -0.0280. The number of carbonyl (C=O) groups excluding carboxylic acids is 1. The van der Waals surface area contributed by atoms with Crippen LogP contribution in [0.15, 0.2) is 0 Å². The number of carboxylic acids is 1. The number of hydrogen-bond donors (Lipinski definition) is 3. The number of aliphatic carboxylic acids is 1. The van der Waals surface area contributed by atoms with Crippen molar-refractivity contribution in [1.29, 1.82) is 0 Å². The summed E-state index contributed by atoms with van der Waals surface area (Å²) in [7, 11) is -3.12. The summed E-state index contributed by atoms with van der Waals surface area (Å²) in [4.78, 5) is 22.7. The Labute approximate surface area is 112 Å². The number of rotatable bonds is 4. The molecule has 0 aromatic heterocycles. The molecule has 0 bridgehead atoms. The second kappa shape index (κ2) is 5.36. The zero-order valence-corrected chi connectivity index (χ0v) is 12.1. The van der Waals surface area contributed by atoms with Crippen molar-refractivity contribution >= 4 is 21.8 Å². The first-order valence-electron chi connectivity index (χ1n) is 6.07. The largest absolute Gasteiger partial charge is 0.480 e. The maximum Gasteiger partial charge on any atom is 0.326 e. The van der Waals surface area contributed by atoms with Crippen LogP contribution in [0.5, 0.6) is 0 Å². The summed E-state index contributed by atoms with van der Waals surface area (Å²) in [5.74, 6) is -1.46. The number of hydrogen-bond acceptors (Lipinski definition) is 4. The Morgan fingerprint density at radius 3 is 2.26 bits per heavy atom. The van der Waals surface area contributed by atoms with E-state index in [1.54, 1.807) is 20.8 Å². The van der Waals surface area contributed by atoms with Gasteiger partial charge in [0.1, 0.15) is 6.04 Å². The van der Waals surface area contributed by atoms with Crippen LogP contribution in [-0.2, 0) is 14.6 Å². The van der Waals surface area contributed by atoms with Crippen LogP contribution in [0.3, 0.4) is 0 Å². The average molecular weight is 292 g/mol. The summed E-state index contributed by atoms with van der Waals surface area (Å²) >= 11 is 0. The number of urea groups is 1. The van der Waals surface area contributed by atoms with Gasteiger partial charge in [0.15, 0.2) is 9.84 Å². The molecular formula is C11H20N2O5S. The minimum absolute atomic E-state index is 0.0380. The van der Waals surface area contributed by atoms with Gasteiger partial charge in [0.05, 0.1) is 17.0 Å². The molecule has 1 unspecified atom stereocenters. The SMILES string of the molecule is CC(C)[C@@H](NC(=O)NC1(C)CCS(=O)(=O)C1)C(=O)O. The molecule has 1 heterocycles. The molecule has 0 saturated carbocycles. The minimum atomic E-state index is -3.12. The van der Waals surface area contributed by atoms with Crippen molar-refractivity contribution in [2.75, 3.05) is 11.5 Å². The Morgan fingerprint density at radius 2 is 1.89 bits per heavy atom. The lowest BCUT2D eigenvalue weighted by molar-refractivity contribution is -0.140. The lowest BCUT2D eigenvalue weighted by Crippen LogP contribution is -2.55. The molecule has 1 aliphatic heterocycles. The molecule has 0 aliphatic carbocycles. The fourth-order valence-corrected chi connectivity index (χ4v) is 4.17. The van der Waals surface area contributed by atoms with Crippen molar-refractivity contribution < 1.29 is 23.1 Å². The Hall–Kier alpha value is -1.31. The molecule has 0 spiro atoms. The zero-order valence-electron chi connectivity index (χ0n) is 11.3. The molecule has 3 N–H and O–H groups in total. The van der Waals surface area contributed by atoms with Crippen LogP contribution in [-0.4, -0.2) is 48.6 Å². The highest BCUT2D eigenvalue weighted by Gasteiger charge is 2.40. The first-order valence-corrected chi connectivity index (χ1v) is 7.89. The third kappa shape index (κ3) is 4.38. The van der Waals surface area contributed by atoms with Gasteiger partial charge in [-0.15, -0.1) is 0 Å². The molecule has 0 radical (unpaired) electrons. The van der Waals surface area contributed by atoms with Crippen LogP contribution >= 0.6 is 0 Å². The van der Waals surface area contributed by atoms with E-state index in [1.807, 2.05) is 0 Å². The van der Waals surface area contributed by atoms with Crippen LogP contribution in [0.4, 0.5) is 4.79 Å². The van der Waals surface area contributed by atoms with Crippen molar-refractivity contribution in [1.82, 2.24) is 10.6 Å². The van der Waals surface area contributed by atoms with Gasteiger partial charge in [0.25, 0.3) is 0 Å². The Balaban J connectivity index is 2.63. The zero-order chi connectivity index (χ0) is 14.8. The lowest BCUT2D eigenvalue weighted by Gasteiger charge is -2.26. The molecule has 110 valence electrons. The highest BCUT2D eigenvalue weighted by atomic mass is 32.2. The van der Waals surface area contributed by atoms with Crippen LogP contribution in [0.25, 0.3) is 0 Å². The Morgan fingerprint density at radius 1 is 1.32 bits per heavy atom. The fraction of sp³-hybridized carbons (Fsp3) is 0.818. The molecule has 0 aromatic rings. The van der Waals surface area contributed by atoms with Gasteiger partial charge in [-0.05, 0) is 19.3 Å². The van der Waals surface area contributed by atoms with Gasteiger partial charge < -0.3 is 15.7 Å². The van der Waals surface area contributed by atoms with Gasteiger partial charge >= 0.3 is 12.0 Å². The molecular weight excluding hydrogens is 272 g/mol. The quantitative estimate of drug-likeness (QED) is 0.673. The van der Waals surface area contributed by atoms with Crippen molar-refractivity contribution in [3.63, 3.8) is 0 Å². The Bertz CT molecular complexity index is 473. The summed E-state index contributed by atoms with van der Waals surface area (Å²) in [5.41, 5.74) is -0.830. The molecule has 1 fully saturated rings. The van der Waals surface area contributed by atoms with Crippen LogP contribution in [0.1, 0.15) is 27.2 Å². The maximum atomic E-state index is 11.8. The highest BCUT2D eigenvalue weighted by molar-refractivity contribution is 7.91. The van der Waals surface area contributed by atoms with Crippen molar-refractivity contribution in [3.8, 4) is 0 Å². The van der Waals surface area contributed by atoms with Crippen molar-refractivity contribution in [3.05, 3.63) is 0 Å². The average Bonchev–Trinajstić information content (AvgIpc) is 2.48. The number of sulfone groups is 1. The maximum absolute atomic E-state index is 11.8. The van der Waals surface area contributed by atoms with E-state index in [9.17, 15) is 18.0 Å². The van der Waals surface area contributed by atoms with Crippen molar-refractivity contribution in [2.24, 2.45) is 5.92 Å². The normalized spacial score (nSPS) is 26.9. The summed E-state index contributed by atoms with van der Waals surface area (Å²) < 4.78 is 22.8. The summed E-state index contributed by atoms with van der Waals surface area (Å²) in [6, 6.07) is -1.65. The monoisotopic (exact) mass is 292 g/mol. The third-order valence-corrected chi connectivity index (χ3v) is 5.04. The van der Waals surface area contributed by atoms with Gasteiger partial charge in [-0.2, -0.15) is 0 Å². The number of nitrogens with one attached hydrogen (secondary N) is 2. The predicted molar refractivity (Wildman–Crippen MR) is 69.6 cm³/mol. The van der Waals surface area contributed by atoms with Crippen molar-refractivity contribution in [2.45, 2.75) is 38.8 Å². The van der Waals surface area contributed by atoms with E-state index in [0.717, 1.165) is 0 Å². The molecule has 19 heavy (non-hydrogen) atoms. The van der Waals surface area contributed by atoms with Gasteiger partial charge in [-0.1, -0.05) is 13.8 Å². The Kier molecular flexibility index (Phi) is 4.44. The highest BCUT2D eigenvalue weighted by Crippen LogP contribution is 2.22. The lowest BCUT2D eigenvalue weighted by atomic mass is 10.0. The van der Waals surface area contributed by atoms with Crippen LogP contribution < -0.4 is 10.6 Å². The topological polar surface area (TPSA) is 113 Å². The molecule has 0 aromatic carbocycles. The molecule has 1 aliphatic rings. The molecule has 2 atom stereocenters. The first-order chi connectivity index (χ1) is 8.55. The minimum Gasteiger partial charge on any atom is -0.480 e. The van der Waals surface area contributed by atoms with Crippen LogP contribution in [0, 0.1) is 5.92 Å². The second-order valence-electron chi connectivity index (χ2n) is 5.56. The van der Waals surface area contributed by atoms with E-state index in [0.29, 0.717) is 6.42 Å². The summed E-state index contributed by atoms with van der Waals surface area (Å²) in [6.45, 7) is 5.00. The number of carbonyl (C=O) groups is 2. The number of amides is 2. The van der Waals surface area contributed by atoms with Gasteiger partial charge in [0, 0.05) is 0 Å². The molecule has 8 heteroatoms. The molecule has 2 amide bonds. The summed E-state index contributed by atoms with van der Waals surface area (Å²) in [6.07, 6.45) is 0.335. The molecule has 1 saturated heterocycles. The standard InChI is InChI=1S/C11H20N2O5S/c1-7(2)8(9(14)15)12-10(16)13-11(3)4-5-19(17,18)6-11/h7-8H,4-6H2,1-3H3,(H,14,15)(H2,12,13,16)/t8-,11?/m1/s1. The van der Waals surface area contributed by atoms with E-state index < -0.39 is 33.4 Å². The summed E-state index contributed by atoms with van der Waals surface area (Å²) in [5, 5.41) is 13.9. The van der Waals surface area contributed by atoms with Gasteiger partial charge in [-0.3, -0.25) is 0 Å².